The molecule has 0 amide bonds. The van der Waals surface area contributed by atoms with Crippen molar-refractivity contribution < 1.29 is 28.6 Å². The fourth-order valence-electron chi connectivity index (χ4n) is 5.62. The molecule has 44 heavy (non-hydrogen) atoms. The molecule has 3 aromatic rings. The minimum absolute atomic E-state index is 0.143. The second kappa shape index (κ2) is 15.4. The third-order valence-electron chi connectivity index (χ3n) is 7.81. The van der Waals surface area contributed by atoms with Gasteiger partial charge in [0.2, 0.25) is 0 Å². The fraction of sp³-hybridized carbons (Fsp3) is 0.472. The number of anilines is 1. The van der Waals surface area contributed by atoms with Crippen molar-refractivity contribution in [3.05, 3.63) is 95.1 Å². The smallest absolute Gasteiger partial charge is 0.494 e. The Morgan fingerprint density at radius 2 is 1.77 bits per heavy atom. The minimum Gasteiger partial charge on any atom is -0.494 e. The molecule has 2 aliphatic heterocycles. The second-order valence-corrected chi connectivity index (χ2v) is 12.5. The first kappa shape index (κ1) is 31.8. The van der Waals surface area contributed by atoms with Crippen molar-refractivity contribution in [3.63, 3.8) is 0 Å². The van der Waals surface area contributed by atoms with Gasteiger partial charge in [-0.05, 0) is 80.5 Å². The van der Waals surface area contributed by atoms with Crippen LogP contribution in [0.4, 0.5) is 10.5 Å². The van der Waals surface area contributed by atoms with Crippen LogP contribution in [-0.2, 0) is 38.7 Å². The number of hydrogen-bond acceptors (Lipinski definition) is 8. The van der Waals surface area contributed by atoms with Crippen LogP contribution in [0.3, 0.4) is 0 Å². The van der Waals surface area contributed by atoms with E-state index in [0.717, 1.165) is 43.5 Å². The summed E-state index contributed by atoms with van der Waals surface area (Å²) in [5.74, 6) is 0.978. The molecule has 1 fully saturated rings. The number of aryl methyl sites for hydroxylation is 1. The van der Waals surface area contributed by atoms with E-state index in [0.29, 0.717) is 39.5 Å². The molecule has 0 aliphatic carbocycles. The topological polar surface area (TPSA) is 78.5 Å². The van der Waals surface area contributed by atoms with Gasteiger partial charge in [0, 0.05) is 31.1 Å². The van der Waals surface area contributed by atoms with Gasteiger partial charge in [0.25, 0.3) is 0 Å². The summed E-state index contributed by atoms with van der Waals surface area (Å²) >= 11 is 0. The number of hydrogen-bond donors (Lipinski definition) is 1. The molecule has 1 saturated heterocycles. The molecule has 2 unspecified atom stereocenters. The van der Waals surface area contributed by atoms with Crippen molar-refractivity contribution in [3.8, 4) is 5.75 Å². The first-order chi connectivity index (χ1) is 21.3. The highest BCUT2D eigenvalue weighted by atomic mass is 16.8. The SMILES string of the molecule is CC(C)(C)OC(=O)ON1CCC(c2ccc(OCCCOCc3ccccc3)cc2)C(OCc2ccc3c(c2)NCCC3)C1. The largest absolute Gasteiger partial charge is 0.528 e. The molecular formula is C36H46N2O6. The highest BCUT2D eigenvalue weighted by Crippen LogP contribution is 2.33. The van der Waals surface area contributed by atoms with Crippen LogP contribution in [0.1, 0.15) is 68.2 Å². The quantitative estimate of drug-likeness (QED) is 0.171. The van der Waals surface area contributed by atoms with Crippen LogP contribution in [0.5, 0.6) is 5.75 Å². The Morgan fingerprint density at radius 3 is 2.57 bits per heavy atom. The van der Waals surface area contributed by atoms with E-state index in [2.05, 4.69) is 47.8 Å². The van der Waals surface area contributed by atoms with Gasteiger partial charge in [0.05, 0.1) is 39.1 Å². The zero-order valence-electron chi connectivity index (χ0n) is 26.3. The highest BCUT2D eigenvalue weighted by molar-refractivity contribution is 5.60. The van der Waals surface area contributed by atoms with Gasteiger partial charge in [-0.25, -0.2) is 4.79 Å². The summed E-state index contributed by atoms with van der Waals surface area (Å²) in [5.41, 5.74) is 5.41. The van der Waals surface area contributed by atoms with Gasteiger partial charge < -0.3 is 29.1 Å². The fourth-order valence-corrected chi connectivity index (χ4v) is 5.62. The number of piperidine rings is 1. The van der Waals surface area contributed by atoms with E-state index in [1.54, 1.807) is 5.06 Å². The molecular weight excluding hydrogens is 556 g/mol. The lowest BCUT2D eigenvalue weighted by atomic mass is 9.87. The number of benzene rings is 3. The van der Waals surface area contributed by atoms with E-state index in [4.69, 9.17) is 23.8 Å². The number of carbonyl (C=O) groups excluding carboxylic acids is 1. The van der Waals surface area contributed by atoms with Gasteiger partial charge in [-0.15, -0.1) is 5.06 Å². The average Bonchev–Trinajstić information content (AvgIpc) is 3.01. The van der Waals surface area contributed by atoms with Gasteiger partial charge in [0.15, 0.2) is 0 Å². The van der Waals surface area contributed by atoms with Crippen LogP contribution in [-0.4, -0.2) is 55.8 Å². The van der Waals surface area contributed by atoms with E-state index >= 15 is 0 Å². The number of fused-ring (bicyclic) bond motifs is 1. The molecule has 2 atom stereocenters. The Bertz CT molecular complexity index is 1320. The second-order valence-electron chi connectivity index (χ2n) is 12.5. The normalized spacial score (nSPS) is 18.6. The number of hydroxylamine groups is 2. The summed E-state index contributed by atoms with van der Waals surface area (Å²) in [6.45, 7) is 9.86. The summed E-state index contributed by atoms with van der Waals surface area (Å²) in [4.78, 5) is 18.0. The predicted octanol–water partition coefficient (Wildman–Crippen LogP) is 7.27. The highest BCUT2D eigenvalue weighted by Gasteiger charge is 2.34. The van der Waals surface area contributed by atoms with E-state index in [1.165, 1.54) is 22.4 Å². The molecule has 0 spiro atoms. The first-order valence-electron chi connectivity index (χ1n) is 15.8. The van der Waals surface area contributed by atoms with Crippen LogP contribution in [0, 0.1) is 0 Å². The lowest BCUT2D eigenvalue weighted by Gasteiger charge is -2.37. The monoisotopic (exact) mass is 602 g/mol. The molecule has 0 saturated carbocycles. The molecule has 0 bridgehead atoms. The van der Waals surface area contributed by atoms with Gasteiger partial charge in [0.1, 0.15) is 11.4 Å². The molecule has 5 rings (SSSR count). The Labute approximate surface area is 261 Å². The molecule has 3 aromatic carbocycles. The summed E-state index contributed by atoms with van der Waals surface area (Å²) in [5, 5.41) is 5.17. The Balaban J connectivity index is 1.16. The molecule has 1 N–H and O–H groups in total. The van der Waals surface area contributed by atoms with Crippen molar-refractivity contribution >= 4 is 11.8 Å². The maximum Gasteiger partial charge on any atom is 0.528 e. The Hall–Kier alpha value is -3.59. The van der Waals surface area contributed by atoms with E-state index in [-0.39, 0.29) is 12.0 Å². The van der Waals surface area contributed by atoms with E-state index in [1.807, 2.05) is 51.1 Å². The van der Waals surface area contributed by atoms with Gasteiger partial charge in [-0.1, -0.05) is 54.6 Å². The summed E-state index contributed by atoms with van der Waals surface area (Å²) in [6.07, 6.45) is 2.99. The van der Waals surface area contributed by atoms with Crippen molar-refractivity contribution in [1.29, 1.82) is 0 Å². The van der Waals surface area contributed by atoms with Crippen molar-refractivity contribution in [2.45, 2.75) is 77.3 Å². The lowest BCUT2D eigenvalue weighted by Crippen LogP contribution is -2.45. The van der Waals surface area contributed by atoms with Crippen LogP contribution >= 0.6 is 0 Å². The van der Waals surface area contributed by atoms with Crippen LogP contribution in [0.25, 0.3) is 0 Å². The number of ether oxygens (including phenoxy) is 4. The Morgan fingerprint density at radius 1 is 0.955 bits per heavy atom. The zero-order chi connectivity index (χ0) is 30.8. The van der Waals surface area contributed by atoms with Crippen LogP contribution in [0.15, 0.2) is 72.8 Å². The van der Waals surface area contributed by atoms with Crippen molar-refractivity contribution in [2.24, 2.45) is 0 Å². The molecule has 236 valence electrons. The van der Waals surface area contributed by atoms with E-state index in [9.17, 15) is 4.79 Å². The molecule has 0 aromatic heterocycles. The minimum atomic E-state index is -0.692. The van der Waals surface area contributed by atoms with Crippen LogP contribution in [0.2, 0.25) is 0 Å². The lowest BCUT2D eigenvalue weighted by molar-refractivity contribution is -0.179. The summed E-state index contributed by atoms with van der Waals surface area (Å²) in [7, 11) is 0. The molecule has 2 aliphatic rings. The van der Waals surface area contributed by atoms with Crippen molar-refractivity contribution in [1.82, 2.24) is 5.06 Å². The third kappa shape index (κ3) is 9.71. The Kier molecular flexibility index (Phi) is 11.2. The molecule has 8 heteroatoms. The van der Waals surface area contributed by atoms with Crippen LogP contribution < -0.4 is 10.1 Å². The molecule has 0 radical (unpaired) electrons. The molecule has 2 heterocycles. The number of rotatable bonds is 12. The van der Waals surface area contributed by atoms with E-state index < -0.39 is 11.8 Å². The number of carbonyl (C=O) groups is 1. The third-order valence-corrected chi connectivity index (χ3v) is 7.81. The standard InChI is InChI=1S/C36H46N2O6/c1-36(2,3)43-35(39)44-38-20-18-32(34(24-38)42-26-28-12-13-30-11-7-19-37-33(30)23-28)29-14-16-31(17-15-29)41-22-8-21-40-25-27-9-5-4-6-10-27/h4-6,9-10,12-17,23,32,34,37H,7-8,11,18-22,24-26H2,1-3H3. The van der Waals surface area contributed by atoms with Gasteiger partial charge in [-0.2, -0.15) is 0 Å². The summed E-state index contributed by atoms with van der Waals surface area (Å²) < 4.78 is 23.7. The maximum atomic E-state index is 12.4. The average molecular weight is 603 g/mol. The summed E-state index contributed by atoms with van der Waals surface area (Å²) in [6, 6.07) is 25.0. The zero-order valence-corrected chi connectivity index (χ0v) is 26.3. The first-order valence-corrected chi connectivity index (χ1v) is 15.8. The maximum absolute atomic E-state index is 12.4. The molecule has 8 nitrogen and oxygen atoms in total. The number of nitrogens with one attached hydrogen (secondary N) is 1. The predicted molar refractivity (Wildman–Crippen MR) is 171 cm³/mol. The van der Waals surface area contributed by atoms with Gasteiger partial charge in [-0.3, -0.25) is 0 Å². The van der Waals surface area contributed by atoms with Crippen molar-refractivity contribution in [2.75, 3.05) is 38.2 Å². The number of nitrogens with zero attached hydrogens (tertiary/aromatic N) is 1. The van der Waals surface area contributed by atoms with Gasteiger partial charge >= 0.3 is 6.16 Å².